The molecule has 1 aromatic carbocycles. The fourth-order valence-corrected chi connectivity index (χ4v) is 4.34. The van der Waals surface area contributed by atoms with E-state index in [1.165, 1.54) is 0 Å². The molecule has 2 N–H and O–H groups in total. The second-order valence-electron chi connectivity index (χ2n) is 7.15. The molecule has 0 unspecified atom stereocenters. The van der Waals surface area contributed by atoms with E-state index in [2.05, 4.69) is 26.2 Å². The highest BCUT2D eigenvalue weighted by molar-refractivity contribution is 9.10. The number of H-pyrrole nitrogens is 1. The molecule has 0 atom stereocenters. The Morgan fingerprint density at radius 1 is 1.28 bits per heavy atom. The molecule has 2 heterocycles. The molecule has 1 aliphatic heterocycles. The lowest BCUT2D eigenvalue weighted by Gasteiger charge is -2.11. The van der Waals surface area contributed by atoms with Gasteiger partial charge in [-0.25, -0.2) is 0 Å². The van der Waals surface area contributed by atoms with E-state index in [1.54, 1.807) is 13.0 Å². The summed E-state index contributed by atoms with van der Waals surface area (Å²) in [4.78, 5) is 40.4. The van der Waals surface area contributed by atoms with Crippen LogP contribution in [0.2, 0.25) is 0 Å². The largest absolute Gasteiger partial charge is 0.466 e. The summed E-state index contributed by atoms with van der Waals surface area (Å²) in [7, 11) is 0. The van der Waals surface area contributed by atoms with Crippen LogP contribution < -0.4 is 5.32 Å². The van der Waals surface area contributed by atoms with E-state index in [-0.39, 0.29) is 24.1 Å². The summed E-state index contributed by atoms with van der Waals surface area (Å²) < 4.78 is 5.92. The Labute approximate surface area is 176 Å². The normalized spacial score (nSPS) is 16.6. The van der Waals surface area contributed by atoms with Gasteiger partial charge in [0.2, 0.25) is 0 Å². The molecular weight excluding hydrogens is 436 g/mol. The van der Waals surface area contributed by atoms with Gasteiger partial charge in [0.05, 0.1) is 12.2 Å². The number of Topliss-reactive ketones (excluding diaryl/α,β-unsaturated/α-hetero) is 1. The number of amides is 1. The van der Waals surface area contributed by atoms with Gasteiger partial charge in [-0.3, -0.25) is 14.4 Å². The fourth-order valence-electron chi connectivity index (χ4n) is 3.98. The van der Waals surface area contributed by atoms with Crippen LogP contribution in [-0.2, 0) is 27.2 Å². The maximum Gasteiger partial charge on any atom is 0.306 e. The summed E-state index contributed by atoms with van der Waals surface area (Å²) in [6, 6.07) is 5.62. The lowest BCUT2D eigenvalue weighted by Crippen LogP contribution is -2.12. The Hall–Kier alpha value is -2.67. The van der Waals surface area contributed by atoms with E-state index >= 15 is 0 Å². The third kappa shape index (κ3) is 3.79. The number of rotatable bonds is 5. The molecule has 1 amide bonds. The molecule has 0 spiro atoms. The third-order valence-electron chi connectivity index (χ3n) is 5.26. The van der Waals surface area contributed by atoms with Gasteiger partial charge in [0.25, 0.3) is 5.91 Å². The Bertz CT molecular complexity index is 1050. The number of ketones is 1. The van der Waals surface area contributed by atoms with Crippen LogP contribution in [0.25, 0.3) is 11.6 Å². The zero-order valence-electron chi connectivity index (χ0n) is 16.1. The first-order valence-corrected chi connectivity index (χ1v) is 10.5. The van der Waals surface area contributed by atoms with Crippen LogP contribution in [0.5, 0.6) is 0 Å². The highest BCUT2D eigenvalue weighted by atomic mass is 79.9. The van der Waals surface area contributed by atoms with Gasteiger partial charge in [0.1, 0.15) is 0 Å². The van der Waals surface area contributed by atoms with E-state index in [4.69, 9.17) is 4.74 Å². The molecule has 7 heteroatoms. The van der Waals surface area contributed by atoms with Gasteiger partial charge in [-0.15, -0.1) is 0 Å². The SMILES string of the molecule is CCOC(=O)CCc1c(/C=C2\C(=O)Nc3ccc(Br)cc32)[nH]c2c1C(=O)CCC2. The summed E-state index contributed by atoms with van der Waals surface area (Å²) in [6.45, 7) is 2.09. The van der Waals surface area contributed by atoms with Crippen LogP contribution in [0.3, 0.4) is 0 Å². The number of ether oxygens (including phenoxy) is 1. The lowest BCUT2D eigenvalue weighted by atomic mass is 9.91. The minimum Gasteiger partial charge on any atom is -0.466 e. The molecular formula is C22H21BrN2O4. The number of hydrogen-bond donors (Lipinski definition) is 2. The van der Waals surface area contributed by atoms with Gasteiger partial charge in [0, 0.05) is 45.5 Å². The number of aromatic nitrogens is 1. The van der Waals surface area contributed by atoms with Gasteiger partial charge < -0.3 is 15.0 Å². The second kappa shape index (κ2) is 7.99. The smallest absolute Gasteiger partial charge is 0.306 e. The molecule has 2 aliphatic rings. The van der Waals surface area contributed by atoms with Crippen LogP contribution in [0.4, 0.5) is 5.69 Å². The number of hydrogen-bond acceptors (Lipinski definition) is 4. The first-order valence-electron chi connectivity index (χ1n) is 9.73. The van der Waals surface area contributed by atoms with Crippen molar-refractivity contribution in [3.63, 3.8) is 0 Å². The monoisotopic (exact) mass is 456 g/mol. The molecule has 4 rings (SSSR count). The molecule has 1 aromatic heterocycles. The number of fused-ring (bicyclic) bond motifs is 2. The standard InChI is InChI=1S/C22H21BrN2O4/c1-2-29-20(27)9-7-13-18(24-17-4-3-5-19(26)21(13)17)11-15-14-10-12(23)6-8-16(14)25-22(15)28/h6,8,10-11,24H,2-5,7,9H2,1H3,(H,25,28)/b15-11-. The van der Waals surface area contributed by atoms with Crippen molar-refractivity contribution in [2.24, 2.45) is 0 Å². The number of benzene rings is 1. The highest BCUT2D eigenvalue weighted by Crippen LogP contribution is 2.37. The van der Waals surface area contributed by atoms with Gasteiger partial charge in [-0.1, -0.05) is 15.9 Å². The highest BCUT2D eigenvalue weighted by Gasteiger charge is 2.28. The van der Waals surface area contributed by atoms with Crippen LogP contribution in [0.15, 0.2) is 22.7 Å². The fraction of sp³-hybridized carbons (Fsp3) is 0.318. The zero-order valence-corrected chi connectivity index (χ0v) is 17.6. The summed E-state index contributed by atoms with van der Waals surface area (Å²) in [5.74, 6) is -0.393. The minimum atomic E-state index is -0.294. The Balaban J connectivity index is 1.77. The molecule has 150 valence electrons. The number of aryl methyl sites for hydroxylation is 1. The van der Waals surface area contributed by atoms with Gasteiger partial charge in [-0.05, 0) is 56.0 Å². The number of carbonyl (C=O) groups is 3. The molecule has 0 fully saturated rings. The third-order valence-corrected chi connectivity index (χ3v) is 5.75. The zero-order chi connectivity index (χ0) is 20.5. The minimum absolute atomic E-state index is 0.0880. The van der Waals surface area contributed by atoms with E-state index in [0.29, 0.717) is 36.3 Å². The van der Waals surface area contributed by atoms with Crippen molar-refractivity contribution < 1.29 is 19.1 Å². The van der Waals surface area contributed by atoms with Crippen molar-refractivity contribution in [1.82, 2.24) is 4.98 Å². The molecule has 0 bridgehead atoms. The molecule has 1 aliphatic carbocycles. The van der Waals surface area contributed by atoms with E-state index in [1.807, 2.05) is 18.2 Å². The molecule has 6 nitrogen and oxygen atoms in total. The van der Waals surface area contributed by atoms with E-state index in [0.717, 1.165) is 39.8 Å². The van der Waals surface area contributed by atoms with Gasteiger partial charge >= 0.3 is 5.97 Å². The maximum atomic E-state index is 12.6. The summed E-state index contributed by atoms with van der Waals surface area (Å²) >= 11 is 3.45. The number of esters is 1. The first kappa shape index (κ1) is 19.6. The maximum absolute atomic E-state index is 12.6. The average Bonchev–Trinajstić information content (AvgIpc) is 3.19. The van der Waals surface area contributed by atoms with Crippen molar-refractivity contribution in [1.29, 1.82) is 0 Å². The second-order valence-corrected chi connectivity index (χ2v) is 8.07. The Kier molecular flexibility index (Phi) is 5.41. The van der Waals surface area contributed by atoms with Crippen LogP contribution >= 0.6 is 15.9 Å². The quantitative estimate of drug-likeness (QED) is 0.518. The van der Waals surface area contributed by atoms with Crippen LogP contribution in [-0.4, -0.2) is 29.3 Å². The van der Waals surface area contributed by atoms with Crippen molar-refractivity contribution in [2.75, 3.05) is 11.9 Å². The Morgan fingerprint density at radius 2 is 2.10 bits per heavy atom. The molecule has 2 aromatic rings. The Morgan fingerprint density at radius 3 is 2.90 bits per heavy atom. The average molecular weight is 457 g/mol. The lowest BCUT2D eigenvalue weighted by molar-refractivity contribution is -0.143. The summed E-state index contributed by atoms with van der Waals surface area (Å²) in [5, 5.41) is 2.87. The van der Waals surface area contributed by atoms with Crippen molar-refractivity contribution in [3.8, 4) is 0 Å². The van der Waals surface area contributed by atoms with Crippen LogP contribution in [0.1, 0.15) is 59.1 Å². The van der Waals surface area contributed by atoms with Gasteiger partial charge in [0.15, 0.2) is 5.78 Å². The van der Waals surface area contributed by atoms with Crippen molar-refractivity contribution in [3.05, 3.63) is 50.8 Å². The number of anilines is 1. The molecule has 0 saturated heterocycles. The first-order chi connectivity index (χ1) is 14.0. The van der Waals surface area contributed by atoms with Crippen molar-refractivity contribution in [2.45, 2.75) is 39.0 Å². The predicted molar refractivity (Wildman–Crippen MR) is 114 cm³/mol. The van der Waals surface area contributed by atoms with Crippen molar-refractivity contribution >= 4 is 50.9 Å². The summed E-state index contributed by atoms with van der Waals surface area (Å²) in [5.41, 5.74) is 5.17. The predicted octanol–water partition coefficient (Wildman–Crippen LogP) is 4.28. The van der Waals surface area contributed by atoms with Gasteiger partial charge in [-0.2, -0.15) is 0 Å². The molecule has 0 radical (unpaired) electrons. The van der Waals surface area contributed by atoms with Crippen LogP contribution in [0, 0.1) is 0 Å². The summed E-state index contributed by atoms with van der Waals surface area (Å²) in [6.07, 6.45) is 4.46. The topological polar surface area (TPSA) is 88.3 Å². The number of carbonyl (C=O) groups excluding carboxylic acids is 3. The number of halogens is 1. The van der Waals surface area contributed by atoms with E-state index < -0.39 is 0 Å². The van der Waals surface area contributed by atoms with E-state index in [9.17, 15) is 14.4 Å². The number of aromatic amines is 1. The number of nitrogens with one attached hydrogen (secondary N) is 2. The molecule has 29 heavy (non-hydrogen) atoms. The molecule has 0 saturated carbocycles.